The number of aryl methyl sites for hydroxylation is 2. The Balaban J connectivity index is 1.74. The quantitative estimate of drug-likeness (QED) is 0.760. The van der Waals surface area contributed by atoms with Crippen LogP contribution in [-0.4, -0.2) is 37.5 Å². The molecule has 0 unspecified atom stereocenters. The van der Waals surface area contributed by atoms with Crippen molar-refractivity contribution in [3.05, 3.63) is 35.2 Å². The smallest absolute Gasteiger partial charge is 0.385 e. The summed E-state index contributed by atoms with van der Waals surface area (Å²) in [5.41, 5.74) is 1.34. The molecule has 0 radical (unpaired) electrons. The maximum Gasteiger partial charge on any atom is 0.416 e. The number of alkyl halides is 3. The Labute approximate surface area is 145 Å². The number of rotatable bonds is 4. The maximum atomic E-state index is 12.8. The molecule has 0 aliphatic rings. The van der Waals surface area contributed by atoms with Crippen LogP contribution in [0.3, 0.4) is 0 Å². The molecule has 2 heterocycles. The number of nitrogens with zero attached hydrogens (tertiary/aromatic N) is 5. The zero-order chi connectivity index (χ0) is 19.1. The molecule has 8 nitrogen and oxygen atoms in total. The van der Waals surface area contributed by atoms with E-state index in [1.165, 1.54) is 6.07 Å². The highest BCUT2D eigenvalue weighted by Gasteiger charge is 2.31. The van der Waals surface area contributed by atoms with E-state index in [9.17, 15) is 18.0 Å². The minimum Gasteiger partial charge on any atom is -0.385 e. The topological polar surface area (TPSA) is 86.9 Å². The Morgan fingerprint density at radius 2 is 2.04 bits per heavy atom. The van der Waals surface area contributed by atoms with E-state index in [-0.39, 0.29) is 11.0 Å². The summed E-state index contributed by atoms with van der Waals surface area (Å²) >= 11 is 0. The molecule has 3 aromatic rings. The van der Waals surface area contributed by atoms with E-state index in [4.69, 9.17) is 4.84 Å². The lowest BCUT2D eigenvalue weighted by molar-refractivity contribution is -0.137. The van der Waals surface area contributed by atoms with Crippen LogP contribution in [0.15, 0.2) is 18.2 Å². The van der Waals surface area contributed by atoms with Gasteiger partial charge in [-0.2, -0.15) is 18.3 Å². The van der Waals surface area contributed by atoms with Crippen LogP contribution in [0, 0.1) is 13.8 Å². The number of carbonyl (C=O) groups excluding carboxylic acids is 1. The minimum atomic E-state index is -4.50. The molecule has 26 heavy (non-hydrogen) atoms. The monoisotopic (exact) mass is 368 g/mol. The lowest BCUT2D eigenvalue weighted by Gasteiger charge is -2.09. The Morgan fingerprint density at radius 1 is 1.31 bits per heavy atom. The van der Waals surface area contributed by atoms with Crippen LogP contribution in [-0.2, 0) is 18.0 Å². The summed E-state index contributed by atoms with van der Waals surface area (Å²) in [7, 11) is 1.74. The normalized spacial score (nSPS) is 11.8. The molecule has 0 atom stereocenters. The number of hydrogen-bond donors (Lipinski definition) is 1. The minimum absolute atomic E-state index is 0.0152. The predicted molar refractivity (Wildman–Crippen MR) is 85.3 cm³/mol. The number of amides is 1. The van der Waals surface area contributed by atoms with Crippen molar-refractivity contribution in [2.24, 2.45) is 7.05 Å². The number of benzene rings is 1. The van der Waals surface area contributed by atoms with Crippen molar-refractivity contribution in [3.63, 3.8) is 0 Å². The van der Waals surface area contributed by atoms with E-state index in [1.54, 1.807) is 25.6 Å². The molecule has 0 aliphatic carbocycles. The molecule has 0 bridgehead atoms. The first-order valence-electron chi connectivity index (χ1n) is 7.53. The van der Waals surface area contributed by atoms with Crippen molar-refractivity contribution in [2.45, 2.75) is 20.0 Å². The van der Waals surface area contributed by atoms with Gasteiger partial charge in [0.05, 0.1) is 22.6 Å². The van der Waals surface area contributed by atoms with Gasteiger partial charge in [-0.3, -0.25) is 9.48 Å². The van der Waals surface area contributed by atoms with Crippen molar-refractivity contribution >= 4 is 22.6 Å². The zero-order valence-corrected chi connectivity index (χ0v) is 14.1. The zero-order valence-electron chi connectivity index (χ0n) is 14.1. The summed E-state index contributed by atoms with van der Waals surface area (Å²) in [6.45, 7) is 3.08. The predicted octanol–water partition coefficient (Wildman–Crippen LogP) is 1.87. The van der Waals surface area contributed by atoms with Crippen molar-refractivity contribution in [1.29, 1.82) is 0 Å². The average Bonchev–Trinajstić information content (AvgIpc) is 3.07. The largest absolute Gasteiger partial charge is 0.416 e. The first kappa shape index (κ1) is 17.7. The second-order valence-corrected chi connectivity index (χ2v) is 5.65. The number of nitrogens with one attached hydrogen (secondary N) is 1. The molecular formula is C15H15F3N6O2. The molecule has 0 fully saturated rings. The van der Waals surface area contributed by atoms with Gasteiger partial charge in [-0.25, -0.2) is 0 Å². The average molecular weight is 368 g/mol. The van der Waals surface area contributed by atoms with Gasteiger partial charge in [0.25, 0.3) is 5.91 Å². The van der Waals surface area contributed by atoms with Crippen LogP contribution >= 0.6 is 0 Å². The van der Waals surface area contributed by atoms with Crippen molar-refractivity contribution in [2.75, 3.05) is 11.9 Å². The third-order valence-electron chi connectivity index (χ3n) is 3.83. The fraction of sp³-hybridized carbons (Fsp3) is 0.333. The number of fused-ring (bicyclic) bond motifs is 1. The summed E-state index contributed by atoms with van der Waals surface area (Å²) in [5.74, 6) is -0.500. The Morgan fingerprint density at radius 3 is 2.65 bits per heavy atom. The van der Waals surface area contributed by atoms with Gasteiger partial charge >= 0.3 is 6.18 Å². The van der Waals surface area contributed by atoms with Gasteiger partial charge in [0.2, 0.25) is 0 Å². The fourth-order valence-corrected chi connectivity index (χ4v) is 2.42. The summed E-state index contributed by atoms with van der Waals surface area (Å²) in [6, 6.07) is 2.96. The molecule has 0 aliphatic heterocycles. The Bertz CT molecular complexity index is 976. The number of carbonyl (C=O) groups is 1. The van der Waals surface area contributed by atoms with Crippen molar-refractivity contribution < 1.29 is 22.8 Å². The molecule has 0 saturated heterocycles. The fourth-order valence-electron chi connectivity index (χ4n) is 2.42. The highest BCUT2D eigenvalue weighted by atomic mass is 19.4. The lowest BCUT2D eigenvalue weighted by atomic mass is 10.2. The third kappa shape index (κ3) is 3.32. The number of aromatic nitrogens is 5. The Hall–Kier alpha value is -3.11. The molecule has 138 valence electrons. The van der Waals surface area contributed by atoms with Crippen LogP contribution < -0.4 is 10.2 Å². The van der Waals surface area contributed by atoms with Gasteiger partial charge in [-0.1, -0.05) is 4.85 Å². The van der Waals surface area contributed by atoms with E-state index < -0.39 is 24.3 Å². The SMILES string of the molecule is Cc1nn(C)c(C)c1NC(=O)COn1nnc2ccc(C(F)(F)F)cc21. The first-order valence-corrected chi connectivity index (χ1v) is 7.53. The van der Waals surface area contributed by atoms with Gasteiger partial charge < -0.3 is 10.2 Å². The van der Waals surface area contributed by atoms with E-state index in [2.05, 4.69) is 20.7 Å². The van der Waals surface area contributed by atoms with Crippen LogP contribution in [0.4, 0.5) is 18.9 Å². The second-order valence-electron chi connectivity index (χ2n) is 5.65. The molecule has 2 aromatic heterocycles. The third-order valence-corrected chi connectivity index (χ3v) is 3.83. The highest BCUT2D eigenvalue weighted by molar-refractivity contribution is 5.92. The second kappa shape index (κ2) is 6.32. The van der Waals surface area contributed by atoms with Gasteiger partial charge in [-0.05, 0) is 37.3 Å². The molecule has 1 aromatic carbocycles. The molecule has 3 rings (SSSR count). The van der Waals surface area contributed by atoms with Crippen LogP contribution in [0.2, 0.25) is 0 Å². The summed E-state index contributed by atoms with van der Waals surface area (Å²) in [5, 5.41) is 14.2. The van der Waals surface area contributed by atoms with Crippen LogP contribution in [0.5, 0.6) is 0 Å². The number of hydrogen-bond acceptors (Lipinski definition) is 5. The lowest BCUT2D eigenvalue weighted by Crippen LogP contribution is -2.26. The first-order chi connectivity index (χ1) is 12.2. The van der Waals surface area contributed by atoms with E-state index in [1.807, 2.05) is 0 Å². The number of halogens is 3. The van der Waals surface area contributed by atoms with Crippen LogP contribution in [0.1, 0.15) is 17.0 Å². The molecule has 1 amide bonds. The van der Waals surface area contributed by atoms with E-state index >= 15 is 0 Å². The van der Waals surface area contributed by atoms with Gasteiger partial charge in [0.15, 0.2) is 6.61 Å². The van der Waals surface area contributed by atoms with E-state index in [0.717, 1.165) is 22.7 Å². The molecule has 11 heteroatoms. The standard InChI is InChI=1S/C15H15F3N6O2/c1-8-14(9(2)23(3)21-8)19-13(25)7-26-24-12-6-10(15(16,17)18)4-5-11(12)20-22-24/h4-6H,7H2,1-3H3,(H,19,25). The highest BCUT2D eigenvalue weighted by Crippen LogP contribution is 2.30. The molecular weight excluding hydrogens is 353 g/mol. The molecule has 0 spiro atoms. The molecule has 0 saturated carbocycles. The van der Waals surface area contributed by atoms with Gasteiger partial charge in [0.1, 0.15) is 11.0 Å². The molecule has 1 N–H and O–H groups in total. The van der Waals surface area contributed by atoms with Crippen molar-refractivity contribution in [1.82, 2.24) is 24.9 Å². The van der Waals surface area contributed by atoms with Gasteiger partial charge in [-0.15, -0.1) is 5.10 Å². The number of anilines is 1. The summed E-state index contributed by atoms with van der Waals surface area (Å²) < 4.78 is 40.1. The maximum absolute atomic E-state index is 12.8. The van der Waals surface area contributed by atoms with Crippen LogP contribution in [0.25, 0.3) is 11.0 Å². The van der Waals surface area contributed by atoms with Crippen molar-refractivity contribution in [3.8, 4) is 0 Å². The Kier molecular flexibility index (Phi) is 4.30. The summed E-state index contributed by atoms with van der Waals surface area (Å²) in [6.07, 6.45) is -4.50. The van der Waals surface area contributed by atoms with Gasteiger partial charge in [0, 0.05) is 7.05 Å². The van der Waals surface area contributed by atoms with E-state index in [0.29, 0.717) is 11.4 Å². The summed E-state index contributed by atoms with van der Waals surface area (Å²) in [4.78, 5) is 18.1.